The van der Waals surface area contributed by atoms with Crippen LogP contribution < -0.4 is 10.1 Å². The first-order valence-electron chi connectivity index (χ1n) is 9.88. The molecule has 152 valence electrons. The molecule has 3 rings (SSSR count). The second-order valence-electron chi connectivity index (χ2n) is 6.73. The summed E-state index contributed by atoms with van der Waals surface area (Å²) in [6.45, 7) is 0.901. The molecule has 0 saturated carbocycles. The number of aromatic nitrogens is 2. The van der Waals surface area contributed by atoms with Crippen molar-refractivity contribution in [1.82, 2.24) is 15.3 Å². The maximum absolute atomic E-state index is 11.7. The topological polar surface area (TPSA) is 76.2 Å². The number of carbonyl (C=O) groups excluding carboxylic acids is 1. The number of nitrogens with one attached hydrogen (secondary N) is 2. The van der Waals surface area contributed by atoms with Gasteiger partial charge >= 0.3 is 6.09 Å². The van der Waals surface area contributed by atoms with Crippen LogP contribution in [-0.4, -0.2) is 29.7 Å². The molecular weight excluding hydrogens is 366 g/mol. The lowest BCUT2D eigenvalue weighted by Gasteiger charge is -2.07. The molecule has 0 unspecified atom stereocenters. The first kappa shape index (κ1) is 20.5. The highest BCUT2D eigenvalue weighted by Gasteiger charge is 2.09. The van der Waals surface area contributed by atoms with Crippen LogP contribution in [0.1, 0.15) is 30.7 Å². The lowest BCUT2D eigenvalue weighted by atomic mass is 10.1. The van der Waals surface area contributed by atoms with E-state index in [1.54, 1.807) is 7.11 Å². The summed E-state index contributed by atoms with van der Waals surface area (Å²) in [7, 11) is 1.66. The molecule has 0 bridgehead atoms. The van der Waals surface area contributed by atoms with Gasteiger partial charge in [0, 0.05) is 24.7 Å². The number of nitrogens with zero attached hydrogens (tertiary/aromatic N) is 1. The van der Waals surface area contributed by atoms with Gasteiger partial charge in [0.1, 0.15) is 18.2 Å². The van der Waals surface area contributed by atoms with Crippen LogP contribution in [0.25, 0.3) is 11.3 Å². The number of benzene rings is 2. The van der Waals surface area contributed by atoms with E-state index in [0.29, 0.717) is 13.2 Å². The Bertz CT molecular complexity index is 893. The molecule has 29 heavy (non-hydrogen) atoms. The van der Waals surface area contributed by atoms with Crippen LogP contribution in [0.15, 0.2) is 60.8 Å². The summed E-state index contributed by atoms with van der Waals surface area (Å²) in [5.41, 5.74) is 2.85. The van der Waals surface area contributed by atoms with Gasteiger partial charge in [-0.15, -0.1) is 0 Å². The average molecular weight is 393 g/mol. The number of methoxy groups -OCH3 is 1. The second-order valence-corrected chi connectivity index (χ2v) is 6.73. The van der Waals surface area contributed by atoms with Crippen LogP contribution in [-0.2, 0) is 17.8 Å². The largest absolute Gasteiger partial charge is 0.496 e. The number of imidazole rings is 1. The van der Waals surface area contributed by atoms with Crippen molar-refractivity contribution in [3.63, 3.8) is 0 Å². The number of aromatic amines is 1. The quantitative estimate of drug-likeness (QED) is 0.489. The molecule has 0 aliphatic rings. The highest BCUT2D eigenvalue weighted by atomic mass is 16.5. The summed E-state index contributed by atoms with van der Waals surface area (Å²) < 4.78 is 10.6. The maximum Gasteiger partial charge on any atom is 0.407 e. The third-order valence-electron chi connectivity index (χ3n) is 4.59. The van der Waals surface area contributed by atoms with Crippen molar-refractivity contribution in [2.75, 3.05) is 13.7 Å². The fraction of sp³-hybridized carbons (Fsp3) is 0.304. The summed E-state index contributed by atoms with van der Waals surface area (Å²) in [5.74, 6) is 1.77. The predicted molar refractivity (Wildman–Crippen MR) is 113 cm³/mol. The fourth-order valence-electron chi connectivity index (χ4n) is 3.04. The molecule has 3 aromatic rings. The molecule has 0 radical (unpaired) electrons. The predicted octanol–water partition coefficient (Wildman–Crippen LogP) is 4.72. The number of hydrogen-bond donors (Lipinski definition) is 2. The van der Waals surface area contributed by atoms with Gasteiger partial charge < -0.3 is 19.8 Å². The second kappa shape index (κ2) is 10.9. The van der Waals surface area contributed by atoms with Crippen LogP contribution in [0.4, 0.5) is 4.79 Å². The highest BCUT2D eigenvalue weighted by Crippen LogP contribution is 2.28. The monoisotopic (exact) mass is 393 g/mol. The molecule has 1 aromatic heterocycles. The number of rotatable bonds is 10. The number of aryl methyl sites for hydroxylation is 1. The van der Waals surface area contributed by atoms with Gasteiger partial charge in [-0.25, -0.2) is 9.78 Å². The maximum atomic E-state index is 11.7. The Morgan fingerprint density at radius 2 is 1.83 bits per heavy atom. The Balaban J connectivity index is 1.31. The Morgan fingerprint density at radius 3 is 2.66 bits per heavy atom. The normalized spacial score (nSPS) is 10.5. The van der Waals surface area contributed by atoms with Gasteiger partial charge in [0.25, 0.3) is 0 Å². The van der Waals surface area contributed by atoms with Crippen molar-refractivity contribution in [1.29, 1.82) is 0 Å². The van der Waals surface area contributed by atoms with E-state index in [9.17, 15) is 4.79 Å². The van der Waals surface area contributed by atoms with Gasteiger partial charge in [0.15, 0.2) is 0 Å². The van der Waals surface area contributed by atoms with Crippen molar-refractivity contribution >= 4 is 6.09 Å². The molecule has 2 aromatic carbocycles. The van der Waals surface area contributed by atoms with E-state index in [1.165, 1.54) is 0 Å². The average Bonchev–Trinajstić information content (AvgIpc) is 3.24. The van der Waals surface area contributed by atoms with E-state index in [1.807, 2.05) is 60.8 Å². The first-order chi connectivity index (χ1) is 14.3. The number of para-hydroxylation sites is 1. The molecule has 0 saturated heterocycles. The summed E-state index contributed by atoms with van der Waals surface area (Å²) in [6, 6.07) is 17.5. The summed E-state index contributed by atoms with van der Waals surface area (Å²) in [5, 5.41) is 2.79. The minimum Gasteiger partial charge on any atom is -0.496 e. The summed E-state index contributed by atoms with van der Waals surface area (Å²) >= 11 is 0. The lowest BCUT2D eigenvalue weighted by Crippen LogP contribution is -2.25. The first-order valence-corrected chi connectivity index (χ1v) is 9.88. The van der Waals surface area contributed by atoms with Crippen LogP contribution in [0, 0.1) is 0 Å². The molecule has 1 amide bonds. The van der Waals surface area contributed by atoms with E-state index in [2.05, 4.69) is 15.3 Å². The highest BCUT2D eigenvalue weighted by molar-refractivity contribution is 5.67. The van der Waals surface area contributed by atoms with E-state index >= 15 is 0 Å². The van der Waals surface area contributed by atoms with Crippen molar-refractivity contribution in [3.05, 3.63) is 72.2 Å². The number of hydrogen-bond acceptors (Lipinski definition) is 4. The van der Waals surface area contributed by atoms with Crippen LogP contribution in [0.5, 0.6) is 5.75 Å². The van der Waals surface area contributed by atoms with Crippen LogP contribution >= 0.6 is 0 Å². The number of alkyl carbamates (subject to hydrolysis) is 1. The number of carbonyl (C=O) groups is 1. The molecule has 2 N–H and O–H groups in total. The number of ether oxygens (including phenoxy) is 2. The minimum absolute atomic E-state index is 0.291. The summed E-state index contributed by atoms with van der Waals surface area (Å²) in [6.07, 6.45) is 5.32. The van der Waals surface area contributed by atoms with Gasteiger partial charge in [-0.3, -0.25) is 0 Å². The lowest BCUT2D eigenvalue weighted by molar-refractivity contribution is 0.139. The zero-order valence-electron chi connectivity index (χ0n) is 16.7. The molecule has 6 heteroatoms. The molecular formula is C23H27N3O3. The molecule has 0 spiro atoms. The Hall–Kier alpha value is -3.28. The van der Waals surface area contributed by atoms with E-state index < -0.39 is 0 Å². The van der Waals surface area contributed by atoms with Gasteiger partial charge in [-0.05, 0) is 30.5 Å². The summed E-state index contributed by atoms with van der Waals surface area (Å²) in [4.78, 5) is 19.6. The molecule has 0 aliphatic heterocycles. The molecule has 0 fully saturated rings. The number of H-pyrrole nitrogens is 1. The third-order valence-corrected chi connectivity index (χ3v) is 4.59. The number of unbranched alkanes of at least 4 members (excludes halogenated alkanes) is 2. The zero-order chi connectivity index (χ0) is 20.3. The Labute approximate surface area is 171 Å². The molecule has 0 aliphatic carbocycles. The molecule has 1 heterocycles. The minimum atomic E-state index is -0.374. The SMILES string of the molecule is COc1ccccc1-c1c[nH]c(CCCCCNC(=O)OCc2ccccc2)n1. The zero-order valence-corrected chi connectivity index (χ0v) is 16.7. The standard InChI is InChI=1S/C23H27N3O3/c1-28-21-13-8-7-12-19(21)20-16-25-22(26-20)14-6-3-9-15-24-23(27)29-17-18-10-4-2-5-11-18/h2,4-5,7-8,10-13,16H,3,6,9,14-15,17H2,1H3,(H,24,27)(H,25,26). The smallest absolute Gasteiger partial charge is 0.407 e. The van der Waals surface area contributed by atoms with Crippen LogP contribution in [0.3, 0.4) is 0 Å². The van der Waals surface area contributed by atoms with Gasteiger partial charge in [0.05, 0.1) is 12.8 Å². The third kappa shape index (κ3) is 6.38. The molecule has 0 atom stereocenters. The van der Waals surface area contributed by atoms with E-state index in [4.69, 9.17) is 9.47 Å². The fourth-order valence-corrected chi connectivity index (χ4v) is 3.04. The van der Waals surface area contributed by atoms with Crippen molar-refractivity contribution in [2.24, 2.45) is 0 Å². The Morgan fingerprint density at radius 1 is 1.03 bits per heavy atom. The van der Waals surface area contributed by atoms with Crippen molar-refractivity contribution in [2.45, 2.75) is 32.3 Å². The molecule has 6 nitrogen and oxygen atoms in total. The van der Waals surface area contributed by atoms with Gasteiger partial charge in [0.2, 0.25) is 0 Å². The van der Waals surface area contributed by atoms with Crippen molar-refractivity contribution < 1.29 is 14.3 Å². The van der Waals surface area contributed by atoms with Crippen molar-refractivity contribution in [3.8, 4) is 17.0 Å². The van der Waals surface area contributed by atoms with Crippen LogP contribution in [0.2, 0.25) is 0 Å². The van der Waals surface area contributed by atoms with E-state index in [-0.39, 0.29) is 6.09 Å². The van der Waals surface area contributed by atoms with E-state index in [0.717, 1.165) is 54.1 Å². The van der Waals surface area contributed by atoms with Gasteiger partial charge in [-0.1, -0.05) is 48.9 Å². The Kier molecular flexibility index (Phi) is 7.69. The van der Waals surface area contributed by atoms with Gasteiger partial charge in [-0.2, -0.15) is 0 Å². The number of amides is 1.